The summed E-state index contributed by atoms with van der Waals surface area (Å²) in [5.74, 6) is 1.20. The average molecular weight is 649 g/mol. The molecule has 3 heterocycles. The van der Waals surface area contributed by atoms with E-state index in [2.05, 4.69) is 151 Å². The minimum atomic E-state index is -0.0450. The van der Waals surface area contributed by atoms with Crippen LogP contribution in [0, 0.1) is 5.92 Å². The molecule has 4 heteroatoms. The van der Waals surface area contributed by atoms with Gasteiger partial charge in [-0.1, -0.05) is 122 Å². The zero-order chi connectivity index (χ0) is 33.9. The number of aromatic nitrogens is 2. The molecule has 0 saturated heterocycles. The van der Waals surface area contributed by atoms with Crippen molar-refractivity contribution in [2.75, 3.05) is 0 Å². The minimum Gasteiger partial charge on any atom is -0.455 e. The largest absolute Gasteiger partial charge is 0.455 e. The Morgan fingerprint density at radius 3 is 2.36 bits per heavy atom. The second-order valence-corrected chi connectivity index (χ2v) is 13.6. The lowest BCUT2D eigenvalue weighted by atomic mass is 9.84. The van der Waals surface area contributed by atoms with Crippen molar-refractivity contribution in [3.05, 3.63) is 152 Å². The first-order valence-corrected chi connectivity index (χ1v) is 17.4. The Kier molecular flexibility index (Phi) is 7.13. The molecule has 6 aromatic carbocycles. The molecule has 0 bridgehead atoms. The first-order valence-electron chi connectivity index (χ1n) is 17.4. The number of rotatable bonds is 4. The standard InChI is InChI=1S/C46H38N3O/c1-29(2)34-25-23-33-24-27-38-37-18-10-13-21-42(37)50-45(38)43(33)46-48(30(3)28-39(34)47-4)40-19-11-12-20-41(40)49(46)44-35-17-9-8-16-32(35)22-26-36(44)31-14-6-5-7-15-31/h5-22,24,26-27,34,39H,1,3-4,23,25,28H2,2H3/q+1. The molecule has 1 aliphatic rings. The van der Waals surface area contributed by atoms with E-state index in [9.17, 15) is 0 Å². The average Bonchev–Trinajstić information content (AvgIpc) is 3.70. The van der Waals surface area contributed by atoms with Crippen LogP contribution in [0.25, 0.3) is 77.6 Å². The first kappa shape index (κ1) is 30.1. The molecule has 1 aliphatic heterocycles. The fourth-order valence-electron chi connectivity index (χ4n) is 8.32. The normalized spacial score (nSPS) is 16.5. The molecule has 242 valence electrons. The number of para-hydroxylation sites is 3. The molecular formula is C46H38N3O+. The molecule has 0 aliphatic carbocycles. The summed E-state index contributed by atoms with van der Waals surface area (Å²) in [7, 11) is 0. The predicted octanol–water partition coefficient (Wildman–Crippen LogP) is 11.4. The summed E-state index contributed by atoms with van der Waals surface area (Å²) in [5, 5.41) is 4.57. The molecule has 2 unspecified atom stereocenters. The minimum absolute atomic E-state index is 0.0450. The summed E-state index contributed by atoms with van der Waals surface area (Å²) in [6.07, 6.45) is 2.38. The van der Waals surface area contributed by atoms with E-state index in [0.29, 0.717) is 6.42 Å². The highest BCUT2D eigenvalue weighted by molar-refractivity contribution is 6.10. The van der Waals surface area contributed by atoms with E-state index in [1.807, 2.05) is 6.07 Å². The van der Waals surface area contributed by atoms with Gasteiger partial charge in [-0.3, -0.25) is 4.99 Å². The van der Waals surface area contributed by atoms with Gasteiger partial charge in [-0.05, 0) is 67.3 Å². The molecular weight excluding hydrogens is 611 g/mol. The molecule has 0 N–H and O–H groups in total. The smallest absolute Gasteiger partial charge is 0.304 e. The third kappa shape index (κ3) is 4.59. The van der Waals surface area contributed by atoms with Gasteiger partial charge in [0, 0.05) is 34.1 Å². The SMILES string of the molecule is C=NC1CC(=C)[n+]2c(n(-c3c(-c4ccccc4)ccc4ccccc34)c3ccccc32)-c2c(ccc3c2oc2ccccc23)CCC1C(=C)C. The molecule has 4 nitrogen and oxygen atoms in total. The lowest BCUT2D eigenvalue weighted by molar-refractivity contribution is -0.542. The molecule has 9 rings (SSSR count). The van der Waals surface area contributed by atoms with Gasteiger partial charge in [0.2, 0.25) is 0 Å². The molecule has 2 atom stereocenters. The zero-order valence-electron chi connectivity index (χ0n) is 28.3. The number of nitrogens with zero attached hydrogens (tertiary/aromatic N) is 3. The lowest BCUT2D eigenvalue weighted by Crippen LogP contribution is -2.37. The van der Waals surface area contributed by atoms with Crippen LogP contribution in [0.3, 0.4) is 0 Å². The van der Waals surface area contributed by atoms with E-state index < -0.39 is 0 Å². The number of furan rings is 1. The van der Waals surface area contributed by atoms with E-state index in [1.165, 1.54) is 16.3 Å². The van der Waals surface area contributed by atoms with Crippen molar-refractivity contribution in [3.63, 3.8) is 0 Å². The molecule has 8 aromatic rings. The van der Waals surface area contributed by atoms with Crippen LogP contribution >= 0.6 is 0 Å². The Morgan fingerprint density at radius 2 is 1.54 bits per heavy atom. The van der Waals surface area contributed by atoms with E-state index in [0.717, 1.165) is 85.3 Å². The molecule has 50 heavy (non-hydrogen) atoms. The maximum Gasteiger partial charge on any atom is 0.304 e. The van der Waals surface area contributed by atoms with Crippen molar-refractivity contribution >= 4 is 56.2 Å². The summed E-state index contributed by atoms with van der Waals surface area (Å²) in [6, 6.07) is 45.5. The molecule has 2 aromatic heterocycles. The van der Waals surface area contributed by atoms with Gasteiger partial charge in [0.1, 0.15) is 22.5 Å². The van der Waals surface area contributed by atoms with Gasteiger partial charge in [0.25, 0.3) is 0 Å². The number of hydrogen-bond donors (Lipinski definition) is 0. The van der Waals surface area contributed by atoms with E-state index in [-0.39, 0.29) is 12.0 Å². The lowest BCUT2D eigenvalue weighted by Gasteiger charge is -2.26. The van der Waals surface area contributed by atoms with Crippen LogP contribution in [-0.2, 0) is 6.42 Å². The Bertz CT molecular complexity index is 2660. The van der Waals surface area contributed by atoms with E-state index in [1.54, 1.807) is 0 Å². The highest BCUT2D eigenvalue weighted by Gasteiger charge is 2.38. The van der Waals surface area contributed by atoms with Crippen molar-refractivity contribution in [3.8, 4) is 28.2 Å². The van der Waals surface area contributed by atoms with Gasteiger partial charge in [-0.15, -0.1) is 0 Å². The summed E-state index contributed by atoms with van der Waals surface area (Å²) >= 11 is 0. The summed E-state index contributed by atoms with van der Waals surface area (Å²) in [4.78, 5) is 4.71. The third-order valence-corrected chi connectivity index (χ3v) is 10.7. The number of benzene rings is 6. The van der Waals surface area contributed by atoms with Crippen molar-refractivity contribution < 1.29 is 8.98 Å². The van der Waals surface area contributed by atoms with E-state index >= 15 is 0 Å². The molecule has 0 spiro atoms. The quantitative estimate of drug-likeness (QED) is 0.106. The van der Waals surface area contributed by atoms with Gasteiger partial charge in [-0.25, -0.2) is 0 Å². The zero-order valence-corrected chi connectivity index (χ0v) is 28.3. The van der Waals surface area contributed by atoms with Crippen molar-refractivity contribution in [1.29, 1.82) is 0 Å². The Labute approximate surface area is 291 Å². The van der Waals surface area contributed by atoms with Gasteiger partial charge in [0.05, 0.1) is 6.04 Å². The van der Waals surface area contributed by atoms with Crippen molar-refractivity contribution in [2.45, 2.75) is 32.2 Å². The summed E-state index contributed by atoms with van der Waals surface area (Å²) in [6.45, 7) is 15.4. The van der Waals surface area contributed by atoms with Crippen molar-refractivity contribution in [2.24, 2.45) is 10.9 Å². The topological polar surface area (TPSA) is 34.3 Å². The highest BCUT2D eigenvalue weighted by atomic mass is 16.3. The number of fused-ring (bicyclic) bond motifs is 10. The molecule has 0 fully saturated rings. The van der Waals surface area contributed by atoms with Crippen LogP contribution in [0.1, 0.15) is 25.3 Å². The Hall–Kier alpha value is -6.00. The number of hydrogen-bond acceptors (Lipinski definition) is 2. The van der Waals surface area contributed by atoms with Gasteiger partial charge < -0.3 is 4.42 Å². The van der Waals surface area contributed by atoms with E-state index in [4.69, 9.17) is 16.0 Å². The maximum atomic E-state index is 6.91. The second-order valence-electron chi connectivity index (χ2n) is 13.6. The number of aryl methyl sites for hydroxylation is 1. The van der Waals surface area contributed by atoms with Crippen LogP contribution in [0.15, 0.2) is 156 Å². The van der Waals surface area contributed by atoms with Crippen LogP contribution in [0.2, 0.25) is 0 Å². The van der Waals surface area contributed by atoms with Crippen LogP contribution in [0.5, 0.6) is 0 Å². The van der Waals surface area contributed by atoms with Gasteiger partial charge in [-0.2, -0.15) is 9.13 Å². The monoisotopic (exact) mass is 648 g/mol. The summed E-state index contributed by atoms with van der Waals surface area (Å²) < 4.78 is 11.8. The van der Waals surface area contributed by atoms with Gasteiger partial charge >= 0.3 is 5.82 Å². The van der Waals surface area contributed by atoms with Crippen molar-refractivity contribution in [1.82, 2.24) is 4.57 Å². The summed E-state index contributed by atoms with van der Waals surface area (Å²) in [5.41, 5.74) is 11.8. The maximum absolute atomic E-state index is 6.91. The second kappa shape index (κ2) is 11.9. The van der Waals surface area contributed by atoms with Gasteiger partial charge in [0.15, 0.2) is 16.6 Å². The third-order valence-electron chi connectivity index (χ3n) is 10.7. The predicted molar refractivity (Wildman–Crippen MR) is 209 cm³/mol. The molecule has 0 amide bonds. The fraction of sp³-hybridized carbons (Fsp3) is 0.130. The Morgan fingerprint density at radius 1 is 0.800 bits per heavy atom. The fourth-order valence-corrected chi connectivity index (χ4v) is 8.32. The molecule has 0 radical (unpaired) electrons. The number of imidazole rings is 1. The van der Waals surface area contributed by atoms with Crippen LogP contribution < -0.4 is 4.57 Å². The first-order chi connectivity index (χ1) is 24.5. The van der Waals surface area contributed by atoms with Crippen LogP contribution in [-0.4, -0.2) is 17.3 Å². The molecule has 0 saturated carbocycles. The highest BCUT2D eigenvalue weighted by Crippen LogP contribution is 2.44. The van der Waals surface area contributed by atoms with Crippen LogP contribution in [0.4, 0.5) is 0 Å². The number of aliphatic imine (C=N–C) groups is 1. The Balaban J connectivity index is 1.50.